The number of hydrogen-bond acceptors (Lipinski definition) is 4. The lowest BCUT2D eigenvalue weighted by Gasteiger charge is -2.31. The molecule has 1 aliphatic heterocycles. The molecule has 1 aliphatic rings. The summed E-state index contributed by atoms with van der Waals surface area (Å²) in [6, 6.07) is 8.44. The molecule has 112 valence electrons. The van der Waals surface area contributed by atoms with E-state index in [1.165, 1.54) is 5.56 Å². The highest BCUT2D eigenvalue weighted by Crippen LogP contribution is 2.24. The van der Waals surface area contributed by atoms with Gasteiger partial charge in [-0.15, -0.1) is 0 Å². The Kier molecular flexibility index (Phi) is 5.40. The fourth-order valence-corrected chi connectivity index (χ4v) is 2.91. The maximum Gasteiger partial charge on any atom is 0.119 e. The van der Waals surface area contributed by atoms with Gasteiger partial charge in [0.2, 0.25) is 0 Å². The molecular formula is C16H26N2O2. The first-order valence-electron chi connectivity index (χ1n) is 7.32. The van der Waals surface area contributed by atoms with Gasteiger partial charge >= 0.3 is 0 Å². The lowest BCUT2D eigenvalue weighted by atomic mass is 10.1. The van der Waals surface area contributed by atoms with Gasteiger partial charge in [0.1, 0.15) is 5.75 Å². The first-order valence-corrected chi connectivity index (χ1v) is 7.32. The van der Waals surface area contributed by atoms with Crippen LogP contribution in [0.3, 0.4) is 0 Å². The molecule has 1 fully saturated rings. The molecule has 0 amide bonds. The molecule has 0 bridgehead atoms. The topological polar surface area (TPSA) is 47.7 Å². The maximum atomic E-state index is 5.97. The number of likely N-dealkylation sites (N-methyl/N-ethyl adjacent to an activating group) is 1. The second kappa shape index (κ2) is 7.07. The zero-order valence-electron chi connectivity index (χ0n) is 12.7. The van der Waals surface area contributed by atoms with Gasteiger partial charge in [0.15, 0.2) is 0 Å². The Balaban J connectivity index is 1.99. The standard InChI is InChI=1S/C16H26N2O2/c1-12-7-8-16(20-12)15(10-17)18(2)11-13-5-4-6-14(9-13)19-3/h4-6,9,12,15-16H,7-8,10-11,17H2,1-3H3. The van der Waals surface area contributed by atoms with Crippen molar-refractivity contribution in [1.82, 2.24) is 4.90 Å². The van der Waals surface area contributed by atoms with Crippen molar-refractivity contribution in [1.29, 1.82) is 0 Å². The molecule has 3 unspecified atom stereocenters. The molecule has 0 saturated carbocycles. The van der Waals surface area contributed by atoms with Crippen LogP contribution in [0.5, 0.6) is 5.75 Å². The molecule has 0 aromatic heterocycles. The molecule has 1 saturated heterocycles. The Bertz CT molecular complexity index is 425. The van der Waals surface area contributed by atoms with Crippen molar-refractivity contribution < 1.29 is 9.47 Å². The Labute approximate surface area is 121 Å². The molecule has 1 aromatic carbocycles. The quantitative estimate of drug-likeness (QED) is 0.865. The average molecular weight is 278 g/mol. The average Bonchev–Trinajstić information content (AvgIpc) is 2.86. The van der Waals surface area contributed by atoms with Gasteiger partial charge in [0.25, 0.3) is 0 Å². The molecule has 4 heteroatoms. The SMILES string of the molecule is COc1cccc(CN(C)C(CN)C2CCC(C)O2)c1. The third kappa shape index (κ3) is 3.72. The first kappa shape index (κ1) is 15.3. The molecule has 0 spiro atoms. The van der Waals surface area contributed by atoms with Gasteiger partial charge in [-0.3, -0.25) is 4.90 Å². The minimum Gasteiger partial charge on any atom is -0.497 e. The van der Waals surface area contributed by atoms with Crippen LogP contribution in [0.15, 0.2) is 24.3 Å². The smallest absolute Gasteiger partial charge is 0.119 e. The van der Waals surface area contributed by atoms with E-state index in [-0.39, 0.29) is 12.1 Å². The van der Waals surface area contributed by atoms with E-state index in [0.717, 1.165) is 25.1 Å². The summed E-state index contributed by atoms with van der Waals surface area (Å²) in [6.45, 7) is 3.61. The molecule has 0 radical (unpaired) electrons. The van der Waals surface area contributed by atoms with Gasteiger partial charge in [0.05, 0.1) is 19.3 Å². The normalized spacial score (nSPS) is 24.1. The third-order valence-electron chi connectivity index (χ3n) is 4.07. The summed E-state index contributed by atoms with van der Waals surface area (Å²) in [5, 5.41) is 0. The number of benzene rings is 1. The Hall–Kier alpha value is -1.10. The lowest BCUT2D eigenvalue weighted by molar-refractivity contribution is 0.000835. The third-order valence-corrected chi connectivity index (χ3v) is 4.07. The van der Waals surface area contributed by atoms with E-state index in [2.05, 4.69) is 31.0 Å². The summed E-state index contributed by atoms with van der Waals surface area (Å²) in [5.74, 6) is 0.894. The predicted octanol–water partition coefficient (Wildman–Crippen LogP) is 2.02. The summed E-state index contributed by atoms with van der Waals surface area (Å²) in [4.78, 5) is 2.29. The van der Waals surface area contributed by atoms with Crippen molar-refractivity contribution in [3.63, 3.8) is 0 Å². The van der Waals surface area contributed by atoms with Crippen LogP contribution in [-0.4, -0.2) is 43.9 Å². The van der Waals surface area contributed by atoms with E-state index in [0.29, 0.717) is 12.6 Å². The Morgan fingerprint density at radius 2 is 2.25 bits per heavy atom. The van der Waals surface area contributed by atoms with Gasteiger partial charge in [-0.1, -0.05) is 12.1 Å². The minimum atomic E-state index is 0.255. The summed E-state index contributed by atoms with van der Waals surface area (Å²) in [6.07, 6.45) is 2.85. The molecule has 3 atom stereocenters. The van der Waals surface area contributed by atoms with E-state index in [1.807, 2.05) is 12.1 Å². The van der Waals surface area contributed by atoms with Gasteiger partial charge in [0, 0.05) is 19.1 Å². The summed E-state index contributed by atoms with van der Waals surface area (Å²) in [7, 11) is 3.81. The van der Waals surface area contributed by atoms with Crippen molar-refractivity contribution in [2.24, 2.45) is 5.73 Å². The van der Waals surface area contributed by atoms with E-state index < -0.39 is 0 Å². The summed E-state index contributed by atoms with van der Waals surface area (Å²) >= 11 is 0. The molecule has 2 N–H and O–H groups in total. The Morgan fingerprint density at radius 1 is 1.45 bits per heavy atom. The number of methoxy groups -OCH3 is 1. The zero-order chi connectivity index (χ0) is 14.5. The van der Waals surface area contributed by atoms with Crippen molar-refractivity contribution in [2.75, 3.05) is 20.7 Å². The number of hydrogen-bond donors (Lipinski definition) is 1. The van der Waals surface area contributed by atoms with E-state index in [1.54, 1.807) is 7.11 Å². The maximum absolute atomic E-state index is 5.97. The largest absolute Gasteiger partial charge is 0.497 e. The molecule has 20 heavy (non-hydrogen) atoms. The first-order chi connectivity index (χ1) is 9.63. The molecule has 2 rings (SSSR count). The van der Waals surface area contributed by atoms with Crippen LogP contribution in [0.2, 0.25) is 0 Å². The summed E-state index contributed by atoms with van der Waals surface area (Å²) in [5.41, 5.74) is 7.20. The number of nitrogens with two attached hydrogens (primary N) is 1. The van der Waals surface area contributed by atoms with Crippen molar-refractivity contribution in [2.45, 2.75) is 44.6 Å². The van der Waals surface area contributed by atoms with Crippen LogP contribution in [-0.2, 0) is 11.3 Å². The fraction of sp³-hybridized carbons (Fsp3) is 0.625. The fourth-order valence-electron chi connectivity index (χ4n) is 2.91. The predicted molar refractivity (Wildman–Crippen MR) is 80.9 cm³/mol. The van der Waals surface area contributed by atoms with Gasteiger partial charge in [-0.25, -0.2) is 0 Å². The molecule has 4 nitrogen and oxygen atoms in total. The van der Waals surface area contributed by atoms with Gasteiger partial charge < -0.3 is 15.2 Å². The van der Waals surface area contributed by atoms with E-state index in [4.69, 9.17) is 15.2 Å². The van der Waals surface area contributed by atoms with Crippen LogP contribution in [0, 0.1) is 0 Å². The number of rotatable bonds is 6. The lowest BCUT2D eigenvalue weighted by Crippen LogP contribution is -2.46. The monoisotopic (exact) mass is 278 g/mol. The van der Waals surface area contributed by atoms with Crippen LogP contribution >= 0.6 is 0 Å². The van der Waals surface area contributed by atoms with Crippen LogP contribution in [0.4, 0.5) is 0 Å². The molecular weight excluding hydrogens is 252 g/mol. The molecule has 0 aliphatic carbocycles. The minimum absolute atomic E-state index is 0.255. The van der Waals surface area contributed by atoms with Crippen molar-refractivity contribution >= 4 is 0 Å². The second-order valence-electron chi connectivity index (χ2n) is 5.63. The van der Waals surface area contributed by atoms with Gasteiger partial charge in [-0.2, -0.15) is 0 Å². The highest BCUT2D eigenvalue weighted by Gasteiger charge is 2.31. The van der Waals surface area contributed by atoms with Crippen molar-refractivity contribution in [3.05, 3.63) is 29.8 Å². The second-order valence-corrected chi connectivity index (χ2v) is 5.63. The van der Waals surface area contributed by atoms with E-state index >= 15 is 0 Å². The summed E-state index contributed by atoms with van der Waals surface area (Å²) < 4.78 is 11.2. The van der Waals surface area contributed by atoms with E-state index in [9.17, 15) is 0 Å². The van der Waals surface area contributed by atoms with Gasteiger partial charge in [-0.05, 0) is 44.5 Å². The van der Waals surface area contributed by atoms with Crippen LogP contribution in [0.25, 0.3) is 0 Å². The molecule has 1 aromatic rings. The van der Waals surface area contributed by atoms with Crippen molar-refractivity contribution in [3.8, 4) is 5.75 Å². The number of nitrogens with zero attached hydrogens (tertiary/aromatic N) is 1. The Morgan fingerprint density at radius 3 is 2.85 bits per heavy atom. The van der Waals surface area contributed by atoms with Crippen LogP contribution < -0.4 is 10.5 Å². The highest BCUT2D eigenvalue weighted by atomic mass is 16.5. The zero-order valence-corrected chi connectivity index (χ0v) is 12.7. The number of ether oxygens (including phenoxy) is 2. The molecule has 1 heterocycles. The van der Waals surface area contributed by atoms with Crippen LogP contribution in [0.1, 0.15) is 25.3 Å². The highest BCUT2D eigenvalue weighted by molar-refractivity contribution is 5.28.